The third-order valence-corrected chi connectivity index (χ3v) is 3.11. The first-order chi connectivity index (χ1) is 9.76. The lowest BCUT2D eigenvalue weighted by molar-refractivity contribution is 0.200. The first-order valence-corrected chi connectivity index (χ1v) is 6.61. The highest BCUT2D eigenvalue weighted by Gasteiger charge is 2.09. The van der Waals surface area contributed by atoms with Gasteiger partial charge in [0.2, 0.25) is 0 Å². The summed E-state index contributed by atoms with van der Waals surface area (Å²) >= 11 is 1.17. The van der Waals surface area contributed by atoms with Crippen LogP contribution in [-0.2, 0) is 11.2 Å². The third kappa shape index (κ3) is 3.44. The van der Waals surface area contributed by atoms with E-state index in [2.05, 4.69) is 9.36 Å². The maximum absolute atomic E-state index is 8.91. The van der Waals surface area contributed by atoms with Crippen LogP contribution in [0.15, 0.2) is 18.2 Å². The highest BCUT2D eigenvalue weighted by molar-refractivity contribution is 7.07. The number of methoxy groups -OCH3 is 2. The number of benzene rings is 1. The van der Waals surface area contributed by atoms with Crippen LogP contribution < -0.4 is 9.47 Å². The van der Waals surface area contributed by atoms with E-state index in [1.54, 1.807) is 25.3 Å². The second kappa shape index (κ2) is 6.84. The first-order valence-electron chi connectivity index (χ1n) is 5.84. The molecule has 0 unspecified atom stereocenters. The zero-order valence-corrected chi connectivity index (χ0v) is 11.9. The molecule has 2 rings (SSSR count). The van der Waals surface area contributed by atoms with E-state index in [9.17, 15) is 0 Å². The van der Waals surface area contributed by atoms with Crippen LogP contribution in [0.4, 0.5) is 0 Å². The molecular weight excluding hydrogens is 278 g/mol. The second-order valence-electron chi connectivity index (χ2n) is 3.80. The molecule has 0 bridgehead atoms. The smallest absolute Gasteiger partial charge is 0.298 e. The van der Waals surface area contributed by atoms with Crippen molar-refractivity contribution in [1.29, 1.82) is 5.26 Å². The van der Waals surface area contributed by atoms with E-state index in [1.807, 2.05) is 6.07 Å². The fourth-order valence-electron chi connectivity index (χ4n) is 1.50. The molecule has 0 aliphatic rings. The standard InChI is InChI=1S/C13H13N3O3S/c1-17-6-5-12-15-13(20-16-12)19-10-4-3-9(8-14)11(7-10)18-2/h3-4,7H,5-6H2,1-2H3. The van der Waals surface area contributed by atoms with E-state index in [4.69, 9.17) is 19.5 Å². The van der Waals surface area contributed by atoms with E-state index in [1.165, 1.54) is 18.6 Å². The van der Waals surface area contributed by atoms with Crippen molar-refractivity contribution in [1.82, 2.24) is 9.36 Å². The van der Waals surface area contributed by atoms with E-state index in [-0.39, 0.29) is 0 Å². The van der Waals surface area contributed by atoms with Gasteiger partial charge in [-0.15, -0.1) is 0 Å². The highest BCUT2D eigenvalue weighted by atomic mass is 32.1. The van der Waals surface area contributed by atoms with Crippen molar-refractivity contribution in [3.63, 3.8) is 0 Å². The van der Waals surface area contributed by atoms with Crippen LogP contribution in [0.25, 0.3) is 0 Å². The Kier molecular flexibility index (Phi) is 4.87. The molecule has 0 saturated heterocycles. The van der Waals surface area contributed by atoms with Gasteiger partial charge in [0.1, 0.15) is 23.4 Å². The molecule has 2 aromatic rings. The molecule has 1 heterocycles. The minimum Gasteiger partial charge on any atom is -0.495 e. The number of hydrogen-bond acceptors (Lipinski definition) is 7. The Balaban J connectivity index is 2.10. The van der Waals surface area contributed by atoms with Gasteiger partial charge in [-0.1, -0.05) is 0 Å². The number of nitrogens with zero attached hydrogens (tertiary/aromatic N) is 3. The summed E-state index contributed by atoms with van der Waals surface area (Å²) in [6.07, 6.45) is 0.646. The molecule has 0 spiro atoms. The van der Waals surface area contributed by atoms with Crippen molar-refractivity contribution >= 4 is 11.5 Å². The molecule has 0 fully saturated rings. The SMILES string of the molecule is COCCc1nsc(Oc2ccc(C#N)c(OC)c2)n1. The van der Waals surface area contributed by atoms with Crippen LogP contribution >= 0.6 is 11.5 Å². The van der Waals surface area contributed by atoms with Gasteiger partial charge in [0.15, 0.2) is 0 Å². The van der Waals surface area contributed by atoms with Crippen molar-refractivity contribution in [2.24, 2.45) is 0 Å². The molecule has 1 aromatic carbocycles. The molecule has 6 nitrogen and oxygen atoms in total. The number of nitriles is 1. The number of hydrogen-bond donors (Lipinski definition) is 0. The van der Waals surface area contributed by atoms with Crippen LogP contribution in [0.5, 0.6) is 16.7 Å². The van der Waals surface area contributed by atoms with E-state index >= 15 is 0 Å². The van der Waals surface area contributed by atoms with Crippen LogP contribution in [0, 0.1) is 11.3 Å². The van der Waals surface area contributed by atoms with Gasteiger partial charge in [0.25, 0.3) is 5.19 Å². The predicted molar refractivity (Wildman–Crippen MR) is 73.3 cm³/mol. The zero-order chi connectivity index (χ0) is 14.4. The summed E-state index contributed by atoms with van der Waals surface area (Å²) < 4.78 is 19.9. The summed E-state index contributed by atoms with van der Waals surface area (Å²) in [6.45, 7) is 0.570. The fraction of sp³-hybridized carbons (Fsp3) is 0.308. The van der Waals surface area contributed by atoms with Crippen LogP contribution in [0.2, 0.25) is 0 Å². The minimum absolute atomic E-state index is 0.447. The van der Waals surface area contributed by atoms with Gasteiger partial charge in [-0.2, -0.15) is 14.6 Å². The minimum atomic E-state index is 0.447. The Morgan fingerprint density at radius 2 is 2.20 bits per heavy atom. The van der Waals surface area contributed by atoms with E-state index in [0.717, 1.165) is 0 Å². The van der Waals surface area contributed by atoms with Crippen LogP contribution in [0.1, 0.15) is 11.4 Å². The van der Waals surface area contributed by atoms with Gasteiger partial charge in [0, 0.05) is 31.1 Å². The fourth-order valence-corrected chi connectivity index (χ4v) is 2.10. The Hall–Kier alpha value is -2.17. The summed E-state index contributed by atoms with van der Waals surface area (Å²) in [5.74, 6) is 1.71. The van der Waals surface area contributed by atoms with Gasteiger partial charge >= 0.3 is 0 Å². The van der Waals surface area contributed by atoms with Gasteiger partial charge in [-0.3, -0.25) is 0 Å². The Bertz CT molecular complexity index is 622. The lowest BCUT2D eigenvalue weighted by Crippen LogP contribution is -1.96. The Morgan fingerprint density at radius 1 is 1.35 bits per heavy atom. The second-order valence-corrected chi connectivity index (χ2v) is 4.51. The average Bonchev–Trinajstić information content (AvgIpc) is 2.92. The molecular formula is C13H13N3O3S. The predicted octanol–water partition coefficient (Wildman–Crippen LogP) is 2.40. The molecule has 1 aromatic heterocycles. The largest absolute Gasteiger partial charge is 0.495 e. The molecule has 0 N–H and O–H groups in total. The quantitative estimate of drug-likeness (QED) is 0.813. The topological polar surface area (TPSA) is 77.3 Å². The molecule has 20 heavy (non-hydrogen) atoms. The Morgan fingerprint density at radius 3 is 2.90 bits per heavy atom. The van der Waals surface area contributed by atoms with Crippen LogP contribution in [0.3, 0.4) is 0 Å². The normalized spacial score (nSPS) is 10.1. The van der Waals surface area contributed by atoms with Gasteiger partial charge in [0.05, 0.1) is 19.3 Å². The van der Waals surface area contributed by atoms with Gasteiger partial charge in [-0.25, -0.2) is 0 Å². The first kappa shape index (κ1) is 14.2. The number of rotatable bonds is 6. The molecule has 7 heteroatoms. The Labute approximate surface area is 120 Å². The molecule has 104 valence electrons. The van der Waals surface area contributed by atoms with Crippen molar-refractivity contribution in [2.45, 2.75) is 6.42 Å². The summed E-state index contributed by atoms with van der Waals surface area (Å²) in [5.41, 5.74) is 0.456. The molecule has 0 radical (unpaired) electrons. The zero-order valence-electron chi connectivity index (χ0n) is 11.1. The number of aromatic nitrogens is 2. The molecule has 0 atom stereocenters. The summed E-state index contributed by atoms with van der Waals surface area (Å²) in [7, 11) is 3.14. The third-order valence-electron chi connectivity index (χ3n) is 2.48. The van der Waals surface area contributed by atoms with Crippen LogP contribution in [-0.4, -0.2) is 30.2 Å². The van der Waals surface area contributed by atoms with Gasteiger partial charge < -0.3 is 14.2 Å². The maximum atomic E-state index is 8.91. The molecule has 0 aliphatic carbocycles. The summed E-state index contributed by atoms with van der Waals surface area (Å²) in [6, 6.07) is 7.02. The lowest BCUT2D eigenvalue weighted by atomic mass is 10.2. The highest BCUT2D eigenvalue weighted by Crippen LogP contribution is 2.28. The van der Waals surface area contributed by atoms with Crippen molar-refractivity contribution < 1.29 is 14.2 Å². The molecule has 0 amide bonds. The summed E-state index contributed by atoms with van der Waals surface area (Å²) in [4.78, 5) is 4.24. The monoisotopic (exact) mass is 291 g/mol. The maximum Gasteiger partial charge on any atom is 0.298 e. The van der Waals surface area contributed by atoms with E-state index in [0.29, 0.717) is 41.1 Å². The molecule has 0 saturated carbocycles. The lowest BCUT2D eigenvalue weighted by Gasteiger charge is -2.05. The van der Waals surface area contributed by atoms with Crippen molar-refractivity contribution in [3.8, 4) is 22.8 Å². The van der Waals surface area contributed by atoms with E-state index < -0.39 is 0 Å². The van der Waals surface area contributed by atoms with Crippen molar-refractivity contribution in [2.75, 3.05) is 20.8 Å². The number of ether oxygens (including phenoxy) is 3. The summed E-state index contributed by atoms with van der Waals surface area (Å²) in [5, 5.41) is 9.36. The van der Waals surface area contributed by atoms with Crippen molar-refractivity contribution in [3.05, 3.63) is 29.6 Å². The molecule has 0 aliphatic heterocycles. The van der Waals surface area contributed by atoms with Gasteiger partial charge in [-0.05, 0) is 12.1 Å². The average molecular weight is 291 g/mol.